The molecule has 1 amide bonds. The Bertz CT molecular complexity index is 783. The molecule has 0 aliphatic carbocycles. The molecule has 126 valence electrons. The summed E-state index contributed by atoms with van der Waals surface area (Å²) in [5.74, 6) is 0.579. The largest absolute Gasteiger partial charge is 0.489 e. The van der Waals surface area contributed by atoms with E-state index in [1.54, 1.807) is 11.0 Å². The predicted octanol–water partition coefficient (Wildman–Crippen LogP) is 3.79. The van der Waals surface area contributed by atoms with E-state index in [9.17, 15) is 10.1 Å². The van der Waals surface area contributed by atoms with Gasteiger partial charge in [-0.1, -0.05) is 42.5 Å². The highest BCUT2D eigenvalue weighted by molar-refractivity contribution is 6.01. The van der Waals surface area contributed by atoms with Crippen LogP contribution in [-0.4, -0.2) is 23.9 Å². The maximum Gasteiger partial charge on any atom is 0.264 e. The van der Waals surface area contributed by atoms with Gasteiger partial charge in [0.15, 0.2) is 0 Å². The van der Waals surface area contributed by atoms with E-state index in [2.05, 4.69) is 0 Å². The number of carbonyl (C=O) groups is 1. The fourth-order valence-corrected chi connectivity index (χ4v) is 2.80. The molecule has 0 bridgehead atoms. The number of nitrogens with zero attached hydrogens (tertiary/aromatic N) is 2. The van der Waals surface area contributed by atoms with E-state index in [0.717, 1.165) is 42.8 Å². The molecule has 1 fully saturated rings. The van der Waals surface area contributed by atoms with Crippen molar-refractivity contribution in [2.45, 2.75) is 19.4 Å². The zero-order valence-electron chi connectivity index (χ0n) is 14.0. The molecule has 1 aliphatic heterocycles. The summed E-state index contributed by atoms with van der Waals surface area (Å²) in [5, 5.41) is 9.29. The summed E-state index contributed by atoms with van der Waals surface area (Å²) in [6.45, 7) is 1.99. The molecule has 1 aliphatic rings. The quantitative estimate of drug-likeness (QED) is 0.618. The first-order valence-electron chi connectivity index (χ1n) is 8.44. The monoisotopic (exact) mass is 332 g/mol. The van der Waals surface area contributed by atoms with E-state index in [-0.39, 0.29) is 11.5 Å². The number of hydrogen-bond donors (Lipinski definition) is 0. The average molecular weight is 332 g/mol. The first kappa shape index (κ1) is 16.8. The topological polar surface area (TPSA) is 53.3 Å². The zero-order chi connectivity index (χ0) is 17.5. The number of nitriles is 1. The molecule has 2 aromatic rings. The van der Waals surface area contributed by atoms with Crippen molar-refractivity contribution < 1.29 is 9.53 Å². The summed E-state index contributed by atoms with van der Waals surface area (Å²) >= 11 is 0. The van der Waals surface area contributed by atoms with E-state index in [1.807, 2.05) is 60.7 Å². The second kappa shape index (κ2) is 8.16. The Morgan fingerprint density at radius 3 is 2.40 bits per heavy atom. The molecule has 0 saturated carbocycles. The van der Waals surface area contributed by atoms with Crippen molar-refractivity contribution in [1.29, 1.82) is 5.26 Å². The van der Waals surface area contributed by atoms with Crippen LogP contribution in [-0.2, 0) is 11.4 Å². The molecule has 4 nitrogen and oxygen atoms in total. The van der Waals surface area contributed by atoms with Crippen LogP contribution in [0.3, 0.4) is 0 Å². The van der Waals surface area contributed by atoms with E-state index >= 15 is 0 Å². The van der Waals surface area contributed by atoms with Gasteiger partial charge in [0.25, 0.3) is 5.91 Å². The lowest BCUT2D eigenvalue weighted by Crippen LogP contribution is -2.28. The van der Waals surface area contributed by atoms with Crippen LogP contribution in [0.2, 0.25) is 0 Å². The number of rotatable bonds is 5. The standard InChI is InChI=1S/C21H20N2O2/c22-15-19(21(24)23-12-4-5-13-23)14-17-8-10-20(11-9-17)25-16-18-6-2-1-3-7-18/h1-3,6-11,14H,4-5,12-13,16H2/b19-14+. The number of hydrogen-bond acceptors (Lipinski definition) is 3. The molecule has 0 spiro atoms. The van der Waals surface area contributed by atoms with Crippen molar-refractivity contribution in [2.75, 3.05) is 13.1 Å². The second-order valence-electron chi connectivity index (χ2n) is 6.01. The summed E-state index contributed by atoms with van der Waals surface area (Å²) in [5.41, 5.74) is 2.10. The third kappa shape index (κ3) is 4.48. The van der Waals surface area contributed by atoms with Gasteiger partial charge < -0.3 is 9.64 Å². The van der Waals surface area contributed by atoms with Crippen molar-refractivity contribution >= 4 is 12.0 Å². The number of ether oxygens (including phenoxy) is 1. The molecule has 0 atom stereocenters. The van der Waals surface area contributed by atoms with Gasteiger partial charge in [0, 0.05) is 13.1 Å². The Hall–Kier alpha value is -3.06. The lowest BCUT2D eigenvalue weighted by atomic mass is 10.1. The molecule has 0 N–H and O–H groups in total. The Labute approximate surface area is 148 Å². The molecular weight excluding hydrogens is 312 g/mol. The van der Waals surface area contributed by atoms with Crippen LogP contribution in [0, 0.1) is 11.3 Å². The minimum Gasteiger partial charge on any atom is -0.489 e. The molecule has 4 heteroatoms. The molecule has 0 unspecified atom stereocenters. The van der Waals surface area contributed by atoms with Crippen LogP contribution >= 0.6 is 0 Å². The molecule has 1 heterocycles. The summed E-state index contributed by atoms with van der Waals surface area (Å²) < 4.78 is 5.75. The maximum absolute atomic E-state index is 12.3. The van der Waals surface area contributed by atoms with Gasteiger partial charge in [-0.3, -0.25) is 4.79 Å². The Morgan fingerprint density at radius 1 is 1.08 bits per heavy atom. The number of carbonyl (C=O) groups excluding carboxylic acids is 1. The number of benzene rings is 2. The summed E-state index contributed by atoms with van der Waals surface area (Å²) in [4.78, 5) is 14.1. The molecule has 3 rings (SSSR count). The van der Waals surface area contributed by atoms with Gasteiger partial charge >= 0.3 is 0 Å². The molecule has 1 saturated heterocycles. The SMILES string of the molecule is N#C/C(=C\c1ccc(OCc2ccccc2)cc1)C(=O)N1CCCC1. The van der Waals surface area contributed by atoms with Crippen LogP contribution in [0.25, 0.3) is 6.08 Å². The Kier molecular flexibility index (Phi) is 5.48. The van der Waals surface area contributed by atoms with Crippen molar-refractivity contribution in [1.82, 2.24) is 4.90 Å². The van der Waals surface area contributed by atoms with Gasteiger partial charge in [0.1, 0.15) is 24.0 Å². The predicted molar refractivity (Wildman–Crippen MR) is 96.6 cm³/mol. The Balaban J connectivity index is 1.64. The van der Waals surface area contributed by atoms with Gasteiger partial charge in [0.05, 0.1) is 0 Å². The minimum absolute atomic E-state index is 0.176. The van der Waals surface area contributed by atoms with E-state index in [4.69, 9.17) is 4.74 Å². The van der Waals surface area contributed by atoms with Crippen molar-refractivity contribution in [3.8, 4) is 11.8 Å². The van der Waals surface area contributed by atoms with Gasteiger partial charge in [-0.15, -0.1) is 0 Å². The lowest BCUT2D eigenvalue weighted by Gasteiger charge is -2.14. The highest BCUT2D eigenvalue weighted by atomic mass is 16.5. The van der Waals surface area contributed by atoms with Crippen molar-refractivity contribution in [3.05, 3.63) is 71.3 Å². The van der Waals surface area contributed by atoms with Gasteiger partial charge in [0.2, 0.25) is 0 Å². The highest BCUT2D eigenvalue weighted by Crippen LogP contribution is 2.18. The van der Waals surface area contributed by atoms with Crippen molar-refractivity contribution in [2.24, 2.45) is 0 Å². The first-order valence-corrected chi connectivity index (χ1v) is 8.44. The fourth-order valence-electron chi connectivity index (χ4n) is 2.80. The summed E-state index contributed by atoms with van der Waals surface area (Å²) in [6, 6.07) is 19.4. The van der Waals surface area contributed by atoms with Crippen LogP contribution in [0.4, 0.5) is 0 Å². The minimum atomic E-state index is -0.176. The first-order chi connectivity index (χ1) is 12.3. The van der Waals surface area contributed by atoms with Crippen LogP contribution in [0.5, 0.6) is 5.75 Å². The summed E-state index contributed by atoms with van der Waals surface area (Å²) in [7, 11) is 0. The average Bonchev–Trinajstić information content (AvgIpc) is 3.20. The molecule has 2 aromatic carbocycles. The molecule has 0 radical (unpaired) electrons. The molecule has 25 heavy (non-hydrogen) atoms. The summed E-state index contributed by atoms with van der Waals surface area (Å²) in [6.07, 6.45) is 3.66. The van der Waals surface area contributed by atoms with Crippen molar-refractivity contribution in [3.63, 3.8) is 0 Å². The molecular formula is C21H20N2O2. The van der Waals surface area contributed by atoms with Crippen LogP contribution in [0.15, 0.2) is 60.2 Å². The number of amides is 1. The number of likely N-dealkylation sites (tertiary alicyclic amines) is 1. The van der Waals surface area contributed by atoms with E-state index in [0.29, 0.717) is 6.61 Å². The third-order valence-corrected chi connectivity index (χ3v) is 4.18. The lowest BCUT2D eigenvalue weighted by molar-refractivity contribution is -0.125. The fraction of sp³-hybridized carbons (Fsp3) is 0.238. The zero-order valence-corrected chi connectivity index (χ0v) is 14.0. The normalized spacial score (nSPS) is 14.2. The van der Waals surface area contributed by atoms with Gasteiger partial charge in [-0.2, -0.15) is 5.26 Å². The Morgan fingerprint density at radius 2 is 1.76 bits per heavy atom. The maximum atomic E-state index is 12.3. The van der Waals surface area contributed by atoms with E-state index in [1.165, 1.54) is 0 Å². The van der Waals surface area contributed by atoms with Gasteiger partial charge in [-0.05, 0) is 42.2 Å². The van der Waals surface area contributed by atoms with E-state index < -0.39 is 0 Å². The smallest absolute Gasteiger partial charge is 0.264 e. The third-order valence-electron chi connectivity index (χ3n) is 4.18. The van der Waals surface area contributed by atoms with Gasteiger partial charge in [-0.25, -0.2) is 0 Å². The van der Waals surface area contributed by atoms with Crippen LogP contribution in [0.1, 0.15) is 24.0 Å². The highest BCUT2D eigenvalue weighted by Gasteiger charge is 2.21. The molecule has 0 aromatic heterocycles. The second-order valence-corrected chi connectivity index (χ2v) is 6.01. The van der Waals surface area contributed by atoms with Crippen LogP contribution < -0.4 is 4.74 Å².